The number of unbranched alkanes of at least 4 members (excludes halogenated alkanes) is 4. The van der Waals surface area contributed by atoms with Crippen molar-refractivity contribution in [3.05, 3.63) is 73.9 Å². The quantitative estimate of drug-likeness (QED) is 0.290. The third-order valence-electron chi connectivity index (χ3n) is 3.97. The lowest BCUT2D eigenvalue weighted by Crippen LogP contribution is -2.23. The molecule has 0 heterocycles. The van der Waals surface area contributed by atoms with Crippen LogP contribution in [0.2, 0.25) is 0 Å². The molecule has 0 spiro atoms. The van der Waals surface area contributed by atoms with E-state index in [9.17, 15) is 0 Å². The fourth-order valence-electron chi connectivity index (χ4n) is 2.56. The number of ether oxygens (including phenoxy) is 1. The molecule has 1 rings (SSSR count). The van der Waals surface area contributed by atoms with Gasteiger partial charge in [0.05, 0.1) is 12.8 Å². The van der Waals surface area contributed by atoms with Crippen LogP contribution in [0.3, 0.4) is 0 Å². The van der Waals surface area contributed by atoms with Crippen LogP contribution in [0.1, 0.15) is 38.5 Å². The van der Waals surface area contributed by atoms with Crippen molar-refractivity contribution in [3.63, 3.8) is 0 Å². The van der Waals surface area contributed by atoms with Gasteiger partial charge in [-0.15, -0.1) is 13.2 Å². The second-order valence-electron chi connectivity index (χ2n) is 5.96. The summed E-state index contributed by atoms with van der Waals surface area (Å²) in [5.41, 5.74) is 1.14. The molecule has 0 saturated heterocycles. The first-order valence-corrected chi connectivity index (χ1v) is 9.23. The molecule has 1 aromatic rings. The fraction of sp³-hybridized carbons (Fsp3) is 0.391. The van der Waals surface area contributed by atoms with Crippen LogP contribution >= 0.6 is 0 Å². The Balaban J connectivity index is 2.66. The normalized spacial score (nSPS) is 11.1. The van der Waals surface area contributed by atoms with E-state index in [1.807, 2.05) is 24.3 Å². The zero-order valence-electron chi connectivity index (χ0n) is 15.7. The summed E-state index contributed by atoms with van der Waals surface area (Å²) < 4.78 is 5.53. The van der Waals surface area contributed by atoms with E-state index in [1.165, 1.54) is 0 Å². The third-order valence-corrected chi connectivity index (χ3v) is 3.97. The lowest BCUT2D eigenvalue weighted by Gasteiger charge is -2.24. The minimum Gasteiger partial charge on any atom is -0.495 e. The van der Waals surface area contributed by atoms with E-state index < -0.39 is 0 Å². The first-order valence-electron chi connectivity index (χ1n) is 9.23. The monoisotopic (exact) mass is 339 g/mol. The van der Waals surface area contributed by atoms with Gasteiger partial charge in [0.1, 0.15) is 5.75 Å². The van der Waals surface area contributed by atoms with Gasteiger partial charge in [-0.3, -0.25) is 0 Å². The Morgan fingerprint density at radius 2 is 1.40 bits per heavy atom. The number of nitrogens with zero attached hydrogens (tertiary/aromatic N) is 1. The Labute approximate surface area is 154 Å². The number of methoxy groups -OCH3 is 1. The fourth-order valence-corrected chi connectivity index (χ4v) is 2.56. The highest BCUT2D eigenvalue weighted by Gasteiger charge is 2.08. The van der Waals surface area contributed by atoms with Crippen molar-refractivity contribution in [2.75, 3.05) is 25.1 Å². The molecule has 0 aliphatic rings. The maximum Gasteiger partial charge on any atom is 0.142 e. The molecule has 0 aliphatic carbocycles. The molecular formula is C23H33NO. The highest BCUT2D eigenvalue weighted by molar-refractivity contribution is 5.59. The summed E-state index contributed by atoms with van der Waals surface area (Å²) in [5.74, 6) is 0.919. The number of hydrogen-bond acceptors (Lipinski definition) is 2. The molecule has 25 heavy (non-hydrogen) atoms. The van der Waals surface area contributed by atoms with Crippen LogP contribution in [0.25, 0.3) is 0 Å². The molecule has 2 heteroatoms. The molecule has 0 atom stereocenters. The van der Waals surface area contributed by atoms with Crippen LogP contribution in [0.15, 0.2) is 73.9 Å². The lowest BCUT2D eigenvalue weighted by molar-refractivity contribution is 0.415. The van der Waals surface area contributed by atoms with Gasteiger partial charge in [0.2, 0.25) is 0 Å². The van der Waals surface area contributed by atoms with Crippen LogP contribution in [-0.4, -0.2) is 20.2 Å². The zero-order valence-corrected chi connectivity index (χ0v) is 15.7. The van der Waals surface area contributed by atoms with Crippen molar-refractivity contribution in [1.29, 1.82) is 0 Å². The van der Waals surface area contributed by atoms with Crippen molar-refractivity contribution in [1.82, 2.24) is 0 Å². The molecule has 0 radical (unpaired) electrons. The summed E-state index contributed by atoms with van der Waals surface area (Å²) in [6, 6.07) is 8.21. The van der Waals surface area contributed by atoms with Crippen molar-refractivity contribution in [3.8, 4) is 5.75 Å². The summed E-state index contributed by atoms with van der Waals surface area (Å²) in [4.78, 5) is 2.34. The summed E-state index contributed by atoms with van der Waals surface area (Å²) in [6.45, 7) is 9.29. The summed E-state index contributed by atoms with van der Waals surface area (Å²) >= 11 is 0. The van der Waals surface area contributed by atoms with Gasteiger partial charge in [-0.05, 0) is 50.7 Å². The molecule has 0 amide bonds. The van der Waals surface area contributed by atoms with Gasteiger partial charge < -0.3 is 9.64 Å². The standard InChI is InChI=1S/C23H33NO/c1-4-6-8-10-12-16-20-24(21-17-13-11-9-7-5-2)22-18-14-15-19-23(22)25-3/h4-5,12-19H,1-2,6-11,20-21H2,3H3. The summed E-state index contributed by atoms with van der Waals surface area (Å²) in [5, 5.41) is 0. The number of benzene rings is 1. The Morgan fingerprint density at radius 3 is 1.92 bits per heavy atom. The Hall–Kier alpha value is -2.22. The highest BCUT2D eigenvalue weighted by atomic mass is 16.5. The van der Waals surface area contributed by atoms with Crippen molar-refractivity contribution in [2.45, 2.75) is 38.5 Å². The molecule has 0 saturated carbocycles. The summed E-state index contributed by atoms with van der Waals surface area (Å²) in [6.07, 6.45) is 19.7. The molecule has 0 unspecified atom stereocenters. The highest BCUT2D eigenvalue weighted by Crippen LogP contribution is 2.27. The van der Waals surface area contributed by atoms with Crippen molar-refractivity contribution < 1.29 is 4.74 Å². The number of anilines is 1. The summed E-state index contributed by atoms with van der Waals surface area (Å²) in [7, 11) is 1.73. The first-order chi connectivity index (χ1) is 12.3. The van der Waals surface area contributed by atoms with E-state index in [4.69, 9.17) is 4.74 Å². The minimum atomic E-state index is 0.880. The van der Waals surface area contributed by atoms with E-state index >= 15 is 0 Å². The lowest BCUT2D eigenvalue weighted by atomic mass is 10.2. The van der Waals surface area contributed by atoms with Gasteiger partial charge in [-0.1, -0.05) is 48.6 Å². The Kier molecular flexibility index (Phi) is 11.8. The smallest absolute Gasteiger partial charge is 0.142 e. The van der Waals surface area contributed by atoms with Crippen LogP contribution in [-0.2, 0) is 0 Å². The van der Waals surface area contributed by atoms with Gasteiger partial charge in [0.15, 0.2) is 0 Å². The van der Waals surface area contributed by atoms with E-state index in [1.54, 1.807) is 7.11 Å². The van der Waals surface area contributed by atoms with E-state index in [-0.39, 0.29) is 0 Å². The van der Waals surface area contributed by atoms with E-state index in [2.05, 4.69) is 54.5 Å². The molecule has 1 aromatic carbocycles. The van der Waals surface area contributed by atoms with Crippen molar-refractivity contribution in [2.24, 2.45) is 0 Å². The number of rotatable bonds is 14. The van der Waals surface area contributed by atoms with Gasteiger partial charge in [0.25, 0.3) is 0 Å². The molecule has 0 fully saturated rings. The largest absolute Gasteiger partial charge is 0.495 e. The number of hydrogen-bond donors (Lipinski definition) is 0. The van der Waals surface area contributed by atoms with Gasteiger partial charge in [-0.2, -0.15) is 0 Å². The molecule has 0 aromatic heterocycles. The topological polar surface area (TPSA) is 12.5 Å². The molecule has 136 valence electrons. The van der Waals surface area contributed by atoms with Crippen molar-refractivity contribution >= 4 is 5.69 Å². The predicted molar refractivity (Wildman–Crippen MR) is 112 cm³/mol. The SMILES string of the molecule is C=CCCCC=CCN(CC=CCCCC=C)c1ccccc1OC. The molecule has 0 bridgehead atoms. The van der Waals surface area contributed by atoms with E-state index in [0.717, 1.165) is 63.1 Å². The van der Waals surface area contributed by atoms with Gasteiger partial charge >= 0.3 is 0 Å². The van der Waals surface area contributed by atoms with Crippen LogP contribution in [0, 0.1) is 0 Å². The maximum absolute atomic E-state index is 5.53. The second-order valence-corrected chi connectivity index (χ2v) is 5.96. The minimum absolute atomic E-state index is 0.880. The molecular weight excluding hydrogens is 306 g/mol. The third kappa shape index (κ3) is 8.99. The maximum atomic E-state index is 5.53. The molecule has 0 N–H and O–H groups in total. The first kappa shape index (κ1) is 20.8. The number of para-hydroxylation sites is 2. The molecule has 0 aliphatic heterocycles. The number of allylic oxidation sites excluding steroid dienone is 4. The average Bonchev–Trinajstić information content (AvgIpc) is 2.65. The van der Waals surface area contributed by atoms with Gasteiger partial charge in [0, 0.05) is 13.1 Å². The average molecular weight is 340 g/mol. The van der Waals surface area contributed by atoms with Crippen LogP contribution in [0.5, 0.6) is 5.75 Å². The zero-order chi connectivity index (χ0) is 18.2. The predicted octanol–water partition coefficient (Wildman–Crippen LogP) is 6.33. The van der Waals surface area contributed by atoms with Crippen LogP contribution < -0.4 is 9.64 Å². The van der Waals surface area contributed by atoms with E-state index in [0.29, 0.717) is 0 Å². The Bertz CT molecular complexity index is 519. The van der Waals surface area contributed by atoms with Crippen LogP contribution in [0.4, 0.5) is 5.69 Å². The Morgan fingerprint density at radius 1 is 0.840 bits per heavy atom. The van der Waals surface area contributed by atoms with Gasteiger partial charge in [-0.25, -0.2) is 0 Å². The second kappa shape index (κ2) is 14.2. The molecule has 2 nitrogen and oxygen atoms in total.